The zero-order valence-corrected chi connectivity index (χ0v) is 13.9. The third kappa shape index (κ3) is 2.81. The van der Waals surface area contributed by atoms with E-state index in [1.54, 1.807) is 0 Å². The molecule has 0 saturated heterocycles. The molecule has 4 heteroatoms. The van der Waals surface area contributed by atoms with E-state index in [4.69, 9.17) is 0 Å². The maximum atomic E-state index is 12.4. The largest absolute Gasteiger partial charge is 0.349 e. The second-order valence-electron chi connectivity index (χ2n) is 4.97. The molecule has 102 valence electrons. The van der Waals surface area contributed by atoms with Gasteiger partial charge in [0.15, 0.2) is 0 Å². The molecule has 0 atom stereocenters. The van der Waals surface area contributed by atoms with Gasteiger partial charge in [0.25, 0.3) is 5.91 Å². The quantitative estimate of drug-likeness (QED) is 0.815. The molecule has 1 amide bonds. The molecule has 1 aliphatic rings. The van der Waals surface area contributed by atoms with Crippen LogP contribution in [0.1, 0.15) is 21.5 Å². The summed E-state index contributed by atoms with van der Waals surface area (Å²) in [5.41, 5.74) is 3.34. The summed E-state index contributed by atoms with van der Waals surface area (Å²) in [6.07, 6.45) is 1.82. The van der Waals surface area contributed by atoms with Gasteiger partial charge in [-0.05, 0) is 58.1 Å². The highest BCUT2D eigenvalue weighted by atomic mass is 79.9. The Hall–Kier alpha value is -1.13. The van der Waals surface area contributed by atoms with Crippen LogP contribution in [0.3, 0.4) is 0 Å². The molecule has 0 radical (unpaired) electrons. The fourth-order valence-corrected chi connectivity index (χ4v) is 3.38. The molecule has 3 rings (SSSR count). The lowest BCUT2D eigenvalue weighted by atomic mass is 10.1. The zero-order chi connectivity index (χ0) is 14.1. The molecule has 20 heavy (non-hydrogen) atoms. The van der Waals surface area contributed by atoms with Crippen molar-refractivity contribution in [3.63, 3.8) is 0 Å². The van der Waals surface area contributed by atoms with Gasteiger partial charge in [0.05, 0.1) is 5.56 Å². The van der Waals surface area contributed by atoms with Crippen LogP contribution in [0.4, 0.5) is 0 Å². The number of nitrogens with one attached hydrogen (secondary N) is 1. The number of benzene rings is 2. The van der Waals surface area contributed by atoms with Crippen molar-refractivity contribution < 1.29 is 4.79 Å². The monoisotopic (exact) mass is 393 g/mol. The van der Waals surface area contributed by atoms with E-state index < -0.39 is 0 Å². The van der Waals surface area contributed by atoms with E-state index in [0.29, 0.717) is 5.56 Å². The summed E-state index contributed by atoms with van der Waals surface area (Å²) in [5, 5.41) is 3.12. The molecule has 2 nitrogen and oxygen atoms in total. The molecule has 0 aliphatic heterocycles. The number of carbonyl (C=O) groups is 1. The smallest absolute Gasteiger partial charge is 0.252 e. The molecule has 0 bridgehead atoms. The number of fused-ring (bicyclic) bond motifs is 1. The van der Waals surface area contributed by atoms with Gasteiger partial charge in [-0.15, -0.1) is 0 Å². The fraction of sp³-hybridized carbons (Fsp3) is 0.188. The van der Waals surface area contributed by atoms with Crippen molar-refractivity contribution >= 4 is 37.8 Å². The van der Waals surface area contributed by atoms with Crippen molar-refractivity contribution in [2.45, 2.75) is 18.9 Å². The van der Waals surface area contributed by atoms with Crippen molar-refractivity contribution in [2.24, 2.45) is 0 Å². The first-order chi connectivity index (χ1) is 9.63. The highest BCUT2D eigenvalue weighted by Crippen LogP contribution is 2.24. The van der Waals surface area contributed by atoms with Crippen molar-refractivity contribution in [2.75, 3.05) is 0 Å². The van der Waals surface area contributed by atoms with Crippen molar-refractivity contribution in [3.05, 3.63) is 68.1 Å². The number of hydrogen-bond acceptors (Lipinski definition) is 1. The van der Waals surface area contributed by atoms with Crippen LogP contribution in [0.5, 0.6) is 0 Å². The summed E-state index contributed by atoms with van der Waals surface area (Å²) in [7, 11) is 0. The van der Waals surface area contributed by atoms with Gasteiger partial charge < -0.3 is 5.32 Å². The third-order valence-electron chi connectivity index (χ3n) is 3.56. The summed E-state index contributed by atoms with van der Waals surface area (Å²) in [6.45, 7) is 0. The Bertz CT molecular complexity index is 644. The van der Waals surface area contributed by atoms with E-state index >= 15 is 0 Å². The minimum absolute atomic E-state index is 0.0315. The number of hydrogen-bond donors (Lipinski definition) is 1. The van der Waals surface area contributed by atoms with Crippen molar-refractivity contribution in [1.29, 1.82) is 0 Å². The summed E-state index contributed by atoms with van der Waals surface area (Å²) in [6, 6.07) is 14.2. The molecule has 0 heterocycles. The third-order valence-corrected chi connectivity index (χ3v) is 4.74. The lowest BCUT2D eigenvalue weighted by Gasteiger charge is -2.13. The van der Waals surface area contributed by atoms with Gasteiger partial charge in [-0.2, -0.15) is 0 Å². The average molecular weight is 395 g/mol. The van der Waals surface area contributed by atoms with Gasteiger partial charge in [0.2, 0.25) is 0 Å². The fourth-order valence-electron chi connectivity index (χ4n) is 2.60. The first-order valence-electron chi connectivity index (χ1n) is 6.46. The molecule has 2 aromatic rings. The van der Waals surface area contributed by atoms with Crippen LogP contribution in [0.15, 0.2) is 51.4 Å². The van der Waals surface area contributed by atoms with Gasteiger partial charge in [-0.1, -0.05) is 40.2 Å². The van der Waals surface area contributed by atoms with Gasteiger partial charge >= 0.3 is 0 Å². The van der Waals surface area contributed by atoms with Gasteiger partial charge in [0.1, 0.15) is 0 Å². The predicted octanol–water partition coefficient (Wildman–Crippen LogP) is 4.11. The highest BCUT2D eigenvalue weighted by molar-refractivity contribution is 9.11. The summed E-state index contributed by atoms with van der Waals surface area (Å²) < 4.78 is 1.72. The number of amides is 1. The van der Waals surface area contributed by atoms with Crippen LogP contribution >= 0.6 is 31.9 Å². The topological polar surface area (TPSA) is 29.1 Å². The molecule has 0 spiro atoms. The van der Waals surface area contributed by atoms with Crippen LogP contribution in [-0.2, 0) is 12.8 Å². The van der Waals surface area contributed by atoms with Crippen LogP contribution < -0.4 is 5.32 Å². The Morgan fingerprint density at radius 3 is 2.35 bits per heavy atom. The molecular weight excluding hydrogens is 382 g/mol. The maximum absolute atomic E-state index is 12.4. The van der Waals surface area contributed by atoms with Gasteiger partial charge in [-0.25, -0.2) is 0 Å². The highest BCUT2D eigenvalue weighted by Gasteiger charge is 2.23. The average Bonchev–Trinajstić information content (AvgIpc) is 2.83. The first-order valence-corrected chi connectivity index (χ1v) is 8.05. The van der Waals surface area contributed by atoms with Crippen LogP contribution in [0, 0.1) is 0 Å². The normalized spacial score (nSPS) is 14.1. The van der Waals surface area contributed by atoms with Crippen molar-refractivity contribution in [1.82, 2.24) is 5.32 Å². The molecule has 0 unspecified atom stereocenters. The minimum atomic E-state index is -0.0315. The molecule has 2 aromatic carbocycles. The second kappa shape index (κ2) is 5.70. The lowest BCUT2D eigenvalue weighted by Crippen LogP contribution is -2.35. The standard InChI is InChI=1S/C16H13Br2NO/c17-12-5-6-15(18)14(9-12)16(20)19-13-7-10-3-1-2-4-11(10)8-13/h1-6,9,13H,7-8H2,(H,19,20). The van der Waals surface area contributed by atoms with E-state index in [1.807, 2.05) is 30.3 Å². The zero-order valence-electron chi connectivity index (χ0n) is 10.7. The molecule has 1 N–H and O–H groups in total. The molecule has 0 aromatic heterocycles. The molecular formula is C16H13Br2NO. The van der Waals surface area contributed by atoms with Gasteiger partial charge in [-0.3, -0.25) is 4.79 Å². The van der Waals surface area contributed by atoms with Crippen LogP contribution in [-0.4, -0.2) is 11.9 Å². The number of halogens is 2. The van der Waals surface area contributed by atoms with E-state index in [0.717, 1.165) is 21.8 Å². The Morgan fingerprint density at radius 2 is 1.70 bits per heavy atom. The summed E-state index contributed by atoms with van der Waals surface area (Å²) in [5.74, 6) is -0.0315. The van der Waals surface area contributed by atoms with E-state index in [9.17, 15) is 4.79 Å². The van der Waals surface area contributed by atoms with Gasteiger partial charge in [0, 0.05) is 15.0 Å². The Kier molecular flexibility index (Phi) is 3.94. The number of carbonyl (C=O) groups excluding carboxylic acids is 1. The first kappa shape index (κ1) is 13.8. The predicted molar refractivity (Wildman–Crippen MR) is 86.9 cm³/mol. The lowest BCUT2D eigenvalue weighted by molar-refractivity contribution is 0.0938. The minimum Gasteiger partial charge on any atom is -0.349 e. The Balaban J connectivity index is 1.74. The summed E-state index contributed by atoms with van der Waals surface area (Å²) in [4.78, 5) is 12.4. The summed E-state index contributed by atoms with van der Waals surface area (Å²) >= 11 is 6.83. The maximum Gasteiger partial charge on any atom is 0.252 e. The van der Waals surface area contributed by atoms with E-state index in [2.05, 4.69) is 49.3 Å². The molecule has 1 aliphatic carbocycles. The number of rotatable bonds is 2. The molecule has 0 saturated carbocycles. The Labute approximate surface area is 134 Å². The SMILES string of the molecule is O=C(NC1Cc2ccccc2C1)c1cc(Br)ccc1Br. The second-order valence-corrected chi connectivity index (χ2v) is 6.74. The van der Waals surface area contributed by atoms with Crippen LogP contribution in [0.2, 0.25) is 0 Å². The van der Waals surface area contributed by atoms with E-state index in [1.165, 1.54) is 11.1 Å². The van der Waals surface area contributed by atoms with E-state index in [-0.39, 0.29) is 11.9 Å². The molecule has 0 fully saturated rings. The van der Waals surface area contributed by atoms with Crippen molar-refractivity contribution in [3.8, 4) is 0 Å². The van der Waals surface area contributed by atoms with Crippen LogP contribution in [0.25, 0.3) is 0 Å². The Morgan fingerprint density at radius 1 is 1.05 bits per heavy atom.